The summed E-state index contributed by atoms with van der Waals surface area (Å²) in [7, 11) is 0. The number of carbonyl (C=O) groups is 3. The van der Waals surface area contributed by atoms with Gasteiger partial charge in [-0.15, -0.1) is 0 Å². The molecule has 2 aromatic rings. The molecular formula is C19H21N3O5. The minimum Gasteiger partial charge on any atom is -0.479 e. The highest BCUT2D eigenvalue weighted by Crippen LogP contribution is 2.17. The molecule has 0 radical (unpaired) electrons. The first-order chi connectivity index (χ1) is 12.7. The molecule has 0 aliphatic carbocycles. The molecule has 142 valence electrons. The van der Waals surface area contributed by atoms with Crippen LogP contribution >= 0.6 is 0 Å². The molecule has 0 aliphatic heterocycles. The van der Waals surface area contributed by atoms with Gasteiger partial charge in [0.25, 0.3) is 5.91 Å². The molecule has 1 aromatic heterocycles. The number of carbonyl (C=O) groups excluding carboxylic acids is 2. The number of carboxylic acid groups (broad SMARTS) is 1. The third-order valence-corrected chi connectivity index (χ3v) is 3.35. The fraction of sp³-hybridized carbons (Fsp3) is 0.263. The fourth-order valence-electron chi connectivity index (χ4n) is 2.18. The maximum atomic E-state index is 12.2. The average molecular weight is 371 g/mol. The second kappa shape index (κ2) is 8.31. The maximum Gasteiger partial charge on any atom is 0.408 e. The van der Waals surface area contributed by atoms with Gasteiger partial charge in [0.15, 0.2) is 6.04 Å². The second-order valence-electron chi connectivity index (χ2n) is 6.73. The van der Waals surface area contributed by atoms with Gasteiger partial charge in [-0.3, -0.25) is 9.78 Å². The van der Waals surface area contributed by atoms with Crippen LogP contribution in [0.15, 0.2) is 48.8 Å². The molecule has 8 nitrogen and oxygen atoms in total. The van der Waals surface area contributed by atoms with Gasteiger partial charge >= 0.3 is 12.1 Å². The van der Waals surface area contributed by atoms with E-state index in [1.807, 2.05) is 0 Å². The molecule has 2 rings (SSSR count). The Hall–Kier alpha value is -3.42. The minimum atomic E-state index is -1.29. The number of rotatable bonds is 5. The van der Waals surface area contributed by atoms with Crippen LogP contribution in [0.3, 0.4) is 0 Å². The fourth-order valence-corrected chi connectivity index (χ4v) is 2.18. The zero-order valence-electron chi connectivity index (χ0n) is 15.2. The van der Waals surface area contributed by atoms with Gasteiger partial charge < -0.3 is 20.5 Å². The number of anilines is 1. The largest absolute Gasteiger partial charge is 0.479 e. The highest BCUT2D eigenvalue weighted by molar-refractivity contribution is 6.04. The van der Waals surface area contributed by atoms with E-state index in [1.165, 1.54) is 24.3 Å². The number of nitrogens with one attached hydrogen (secondary N) is 2. The van der Waals surface area contributed by atoms with E-state index >= 15 is 0 Å². The lowest BCUT2D eigenvalue weighted by molar-refractivity contribution is -0.139. The molecule has 8 heteroatoms. The number of pyridine rings is 1. The van der Waals surface area contributed by atoms with Crippen LogP contribution < -0.4 is 10.6 Å². The Labute approximate surface area is 156 Å². The van der Waals surface area contributed by atoms with Gasteiger partial charge in [-0.05, 0) is 50.6 Å². The number of aliphatic carboxylic acids is 1. The lowest BCUT2D eigenvalue weighted by Gasteiger charge is -2.22. The van der Waals surface area contributed by atoms with Crippen LogP contribution in [0.1, 0.15) is 42.7 Å². The number of nitrogens with zero attached hydrogens (tertiary/aromatic N) is 1. The van der Waals surface area contributed by atoms with Crippen molar-refractivity contribution in [2.45, 2.75) is 32.4 Å². The molecule has 0 saturated heterocycles. The summed E-state index contributed by atoms with van der Waals surface area (Å²) in [5.41, 5.74) is 0.502. The summed E-state index contributed by atoms with van der Waals surface area (Å²) in [5, 5.41) is 14.4. The van der Waals surface area contributed by atoms with Crippen molar-refractivity contribution in [2.75, 3.05) is 5.32 Å². The third kappa shape index (κ3) is 6.10. The van der Waals surface area contributed by atoms with Gasteiger partial charge in [0, 0.05) is 23.6 Å². The monoisotopic (exact) mass is 371 g/mol. The number of aromatic nitrogens is 1. The van der Waals surface area contributed by atoms with Crippen LogP contribution in [-0.2, 0) is 9.53 Å². The van der Waals surface area contributed by atoms with Crippen molar-refractivity contribution in [1.82, 2.24) is 10.3 Å². The van der Waals surface area contributed by atoms with Gasteiger partial charge in [-0.1, -0.05) is 12.1 Å². The van der Waals surface area contributed by atoms with Crippen LogP contribution in [0.5, 0.6) is 0 Å². The molecule has 27 heavy (non-hydrogen) atoms. The van der Waals surface area contributed by atoms with E-state index in [2.05, 4.69) is 15.6 Å². The molecule has 1 heterocycles. The number of amides is 2. The molecule has 3 N–H and O–H groups in total. The van der Waals surface area contributed by atoms with Crippen molar-refractivity contribution in [3.05, 3.63) is 59.9 Å². The molecule has 0 aliphatic rings. The zero-order valence-corrected chi connectivity index (χ0v) is 15.2. The van der Waals surface area contributed by atoms with Gasteiger partial charge in [0.2, 0.25) is 0 Å². The van der Waals surface area contributed by atoms with E-state index in [-0.39, 0.29) is 5.91 Å². The lowest BCUT2D eigenvalue weighted by atomic mass is 10.0. The Morgan fingerprint density at radius 2 is 1.63 bits per heavy atom. The molecular weight excluding hydrogens is 350 g/mol. The summed E-state index contributed by atoms with van der Waals surface area (Å²) in [6.45, 7) is 5.04. The molecule has 1 unspecified atom stereocenters. The summed E-state index contributed by atoms with van der Waals surface area (Å²) in [5.74, 6) is -1.59. The quantitative estimate of drug-likeness (QED) is 0.744. The molecule has 0 saturated carbocycles. The van der Waals surface area contributed by atoms with Crippen molar-refractivity contribution < 1.29 is 24.2 Å². The van der Waals surface area contributed by atoms with Crippen LogP contribution in [0.2, 0.25) is 0 Å². The number of alkyl carbamates (subject to hydrolysis) is 1. The number of hydrogen-bond donors (Lipinski definition) is 3. The summed E-state index contributed by atoms with van der Waals surface area (Å²) < 4.78 is 5.09. The van der Waals surface area contributed by atoms with Crippen molar-refractivity contribution >= 4 is 23.7 Å². The lowest BCUT2D eigenvalue weighted by Crippen LogP contribution is -2.38. The van der Waals surface area contributed by atoms with E-state index in [9.17, 15) is 19.5 Å². The highest BCUT2D eigenvalue weighted by Gasteiger charge is 2.25. The van der Waals surface area contributed by atoms with Gasteiger partial charge in [0.1, 0.15) is 5.60 Å². The Morgan fingerprint density at radius 3 is 2.15 bits per heavy atom. The van der Waals surface area contributed by atoms with Crippen molar-refractivity contribution in [3.8, 4) is 0 Å². The second-order valence-corrected chi connectivity index (χ2v) is 6.73. The Morgan fingerprint density at radius 1 is 1.04 bits per heavy atom. The SMILES string of the molecule is CC(C)(C)OC(=O)NC(C(=O)O)c1ccc(C(=O)Nc2ccncc2)cc1. The smallest absolute Gasteiger partial charge is 0.408 e. The Balaban J connectivity index is 2.09. The first-order valence-electron chi connectivity index (χ1n) is 8.19. The first kappa shape index (κ1) is 19.9. The van der Waals surface area contributed by atoms with E-state index in [0.717, 1.165) is 0 Å². The topological polar surface area (TPSA) is 118 Å². The predicted molar refractivity (Wildman–Crippen MR) is 98.4 cm³/mol. The Bertz CT molecular complexity index is 813. The third-order valence-electron chi connectivity index (χ3n) is 3.35. The molecule has 0 bridgehead atoms. The molecule has 2 amide bonds. The van der Waals surface area contributed by atoms with Gasteiger partial charge in [-0.25, -0.2) is 9.59 Å². The highest BCUT2D eigenvalue weighted by atomic mass is 16.6. The number of carboxylic acids is 1. The van der Waals surface area contributed by atoms with Crippen LogP contribution in [0.4, 0.5) is 10.5 Å². The average Bonchev–Trinajstić information content (AvgIpc) is 2.59. The summed E-state index contributed by atoms with van der Waals surface area (Å²) in [6.07, 6.45) is 2.27. The van der Waals surface area contributed by atoms with Crippen molar-refractivity contribution in [2.24, 2.45) is 0 Å². The standard InChI is InChI=1S/C19H21N3O5/c1-19(2,3)27-18(26)22-15(17(24)25)12-4-6-13(7-5-12)16(23)21-14-8-10-20-11-9-14/h4-11,15H,1-3H3,(H,22,26)(H,24,25)(H,20,21,23). The van der Waals surface area contributed by atoms with Crippen LogP contribution in [0.25, 0.3) is 0 Å². The number of ether oxygens (including phenoxy) is 1. The maximum absolute atomic E-state index is 12.2. The normalized spacial score (nSPS) is 12.0. The minimum absolute atomic E-state index is 0.314. The summed E-state index contributed by atoms with van der Waals surface area (Å²) in [4.78, 5) is 39.5. The van der Waals surface area contributed by atoms with E-state index in [0.29, 0.717) is 16.8 Å². The number of benzene rings is 1. The summed E-state index contributed by atoms with van der Waals surface area (Å²) in [6, 6.07) is 7.92. The van der Waals surface area contributed by atoms with Gasteiger partial charge in [0.05, 0.1) is 0 Å². The molecule has 0 fully saturated rings. The van der Waals surface area contributed by atoms with Gasteiger partial charge in [-0.2, -0.15) is 0 Å². The van der Waals surface area contributed by atoms with E-state index < -0.39 is 23.7 Å². The zero-order chi connectivity index (χ0) is 20.0. The van der Waals surface area contributed by atoms with E-state index in [1.54, 1.807) is 45.3 Å². The molecule has 1 aromatic carbocycles. The molecule has 1 atom stereocenters. The van der Waals surface area contributed by atoms with Crippen LogP contribution in [-0.4, -0.2) is 33.7 Å². The summed E-state index contributed by atoms with van der Waals surface area (Å²) >= 11 is 0. The Kier molecular flexibility index (Phi) is 6.12. The first-order valence-corrected chi connectivity index (χ1v) is 8.19. The van der Waals surface area contributed by atoms with Crippen molar-refractivity contribution in [1.29, 1.82) is 0 Å². The van der Waals surface area contributed by atoms with Crippen molar-refractivity contribution in [3.63, 3.8) is 0 Å². The van der Waals surface area contributed by atoms with E-state index in [4.69, 9.17) is 4.74 Å². The number of hydrogen-bond acceptors (Lipinski definition) is 5. The predicted octanol–water partition coefficient (Wildman–Crippen LogP) is 2.98. The van der Waals surface area contributed by atoms with Crippen LogP contribution in [0, 0.1) is 0 Å². The molecule has 0 spiro atoms.